The van der Waals surface area contributed by atoms with E-state index in [4.69, 9.17) is 21.3 Å². The summed E-state index contributed by atoms with van der Waals surface area (Å²) in [5.74, 6) is 2.22. The van der Waals surface area contributed by atoms with Crippen molar-refractivity contribution in [3.8, 4) is 0 Å². The Bertz CT molecular complexity index is 834. The van der Waals surface area contributed by atoms with Crippen molar-refractivity contribution in [3.63, 3.8) is 0 Å². The van der Waals surface area contributed by atoms with Crippen LogP contribution in [0.1, 0.15) is 55.0 Å². The molecule has 2 heterocycles. The fourth-order valence-corrected chi connectivity index (χ4v) is 4.93. The molecule has 1 aromatic heterocycles. The largest absolute Gasteiger partial charge is 0.372 e. The molecule has 1 saturated heterocycles. The second-order valence-electron chi connectivity index (χ2n) is 8.97. The maximum Gasteiger partial charge on any atom is 0.135 e. The molecule has 1 aromatic carbocycles. The van der Waals surface area contributed by atoms with Crippen molar-refractivity contribution in [2.24, 2.45) is 5.92 Å². The lowest BCUT2D eigenvalue weighted by atomic mass is 9.87. The van der Waals surface area contributed by atoms with Crippen LogP contribution < -0.4 is 4.90 Å². The molecule has 1 aliphatic heterocycles. The van der Waals surface area contributed by atoms with Gasteiger partial charge in [0, 0.05) is 35.9 Å². The topological polar surface area (TPSA) is 41.5 Å². The first-order valence-corrected chi connectivity index (χ1v) is 11.5. The number of fused-ring (bicyclic) bond motifs is 1. The molecule has 0 saturated carbocycles. The Morgan fingerprint density at radius 3 is 2.57 bits per heavy atom. The molecule has 5 nitrogen and oxygen atoms in total. The molecule has 1 fully saturated rings. The third-order valence-electron chi connectivity index (χ3n) is 6.55. The average Bonchev–Trinajstić information content (AvgIpc) is 3.13. The highest BCUT2D eigenvalue weighted by Crippen LogP contribution is 2.40. The minimum atomic E-state index is 0.111. The molecule has 30 heavy (non-hydrogen) atoms. The van der Waals surface area contributed by atoms with Gasteiger partial charge in [0.25, 0.3) is 0 Å². The second kappa shape index (κ2) is 9.63. The second-order valence-corrected chi connectivity index (χ2v) is 9.40. The van der Waals surface area contributed by atoms with E-state index in [1.54, 1.807) is 6.33 Å². The van der Waals surface area contributed by atoms with Crippen molar-refractivity contribution < 1.29 is 4.74 Å². The summed E-state index contributed by atoms with van der Waals surface area (Å²) < 4.78 is 6.42. The number of benzene rings is 1. The summed E-state index contributed by atoms with van der Waals surface area (Å²) in [5.41, 5.74) is 3.86. The van der Waals surface area contributed by atoms with Gasteiger partial charge in [-0.1, -0.05) is 30.7 Å². The number of anilines is 1. The third kappa shape index (κ3) is 4.79. The number of aromatic nitrogens is 2. The standard InChI is InChI=1S/C24H33ClN4O/c1-17-4-9-21-22(17)24(27-16-26-21)29-12-10-19(11-13-29)23(30-15-14-28(2)3)18-5-7-20(25)8-6-18/h5-8,16-17,19,23H,4,9-15H2,1-3H3. The fraction of sp³-hybridized carbons (Fsp3) is 0.583. The van der Waals surface area contributed by atoms with Crippen molar-refractivity contribution in [3.05, 3.63) is 52.4 Å². The normalized spacial score (nSPS) is 20.6. The number of nitrogens with zero attached hydrogens (tertiary/aromatic N) is 4. The van der Waals surface area contributed by atoms with Crippen LogP contribution in [-0.2, 0) is 11.2 Å². The van der Waals surface area contributed by atoms with Gasteiger partial charge in [-0.2, -0.15) is 0 Å². The van der Waals surface area contributed by atoms with E-state index in [-0.39, 0.29) is 6.10 Å². The number of rotatable bonds is 7. The number of ether oxygens (including phenoxy) is 1. The van der Waals surface area contributed by atoms with Crippen molar-refractivity contribution in [1.82, 2.24) is 14.9 Å². The van der Waals surface area contributed by atoms with E-state index < -0.39 is 0 Å². The Hall–Kier alpha value is -1.69. The van der Waals surface area contributed by atoms with Gasteiger partial charge < -0.3 is 14.5 Å². The number of hydrogen-bond donors (Lipinski definition) is 0. The van der Waals surface area contributed by atoms with E-state index in [0.29, 0.717) is 11.8 Å². The van der Waals surface area contributed by atoms with E-state index in [0.717, 1.165) is 50.5 Å². The zero-order chi connectivity index (χ0) is 21.1. The zero-order valence-corrected chi connectivity index (χ0v) is 19.1. The van der Waals surface area contributed by atoms with Crippen LogP contribution in [-0.4, -0.2) is 55.2 Å². The molecule has 2 aromatic rings. The smallest absolute Gasteiger partial charge is 0.135 e. The van der Waals surface area contributed by atoms with Crippen LogP contribution in [0, 0.1) is 5.92 Å². The summed E-state index contributed by atoms with van der Waals surface area (Å²) >= 11 is 6.13. The van der Waals surface area contributed by atoms with E-state index in [1.165, 1.54) is 29.1 Å². The van der Waals surface area contributed by atoms with Gasteiger partial charge in [-0.25, -0.2) is 9.97 Å². The van der Waals surface area contributed by atoms with Gasteiger partial charge in [0.2, 0.25) is 0 Å². The Kier molecular flexibility index (Phi) is 6.91. The van der Waals surface area contributed by atoms with Crippen molar-refractivity contribution in [1.29, 1.82) is 0 Å². The summed E-state index contributed by atoms with van der Waals surface area (Å²) in [6.45, 7) is 6.00. The molecule has 2 unspecified atom stereocenters. The lowest BCUT2D eigenvalue weighted by Gasteiger charge is -2.37. The van der Waals surface area contributed by atoms with Gasteiger partial charge >= 0.3 is 0 Å². The van der Waals surface area contributed by atoms with Gasteiger partial charge in [0.05, 0.1) is 12.7 Å². The SMILES string of the molecule is CC1CCc2ncnc(N3CCC(C(OCCN(C)C)c4ccc(Cl)cc4)CC3)c21. The Labute approximate surface area is 185 Å². The van der Waals surface area contributed by atoms with Gasteiger partial charge in [0.1, 0.15) is 12.1 Å². The van der Waals surface area contributed by atoms with Gasteiger partial charge in [-0.3, -0.25) is 0 Å². The van der Waals surface area contributed by atoms with E-state index in [9.17, 15) is 0 Å². The van der Waals surface area contributed by atoms with Gasteiger partial charge in [-0.15, -0.1) is 0 Å². The zero-order valence-electron chi connectivity index (χ0n) is 18.4. The number of aryl methyl sites for hydroxylation is 1. The summed E-state index contributed by atoms with van der Waals surface area (Å²) in [4.78, 5) is 13.9. The van der Waals surface area contributed by atoms with Crippen LogP contribution in [0.25, 0.3) is 0 Å². The van der Waals surface area contributed by atoms with E-state index in [1.807, 2.05) is 12.1 Å². The summed E-state index contributed by atoms with van der Waals surface area (Å²) in [6.07, 6.45) is 6.33. The molecule has 162 valence electrons. The maximum atomic E-state index is 6.42. The Balaban J connectivity index is 1.46. The van der Waals surface area contributed by atoms with Gasteiger partial charge in [-0.05, 0) is 69.3 Å². The molecule has 0 N–H and O–H groups in total. The molecule has 2 aliphatic rings. The summed E-state index contributed by atoms with van der Waals surface area (Å²) in [6, 6.07) is 8.18. The molecular formula is C24H33ClN4O. The van der Waals surface area contributed by atoms with Crippen LogP contribution in [0.3, 0.4) is 0 Å². The number of likely N-dealkylation sites (N-methyl/N-ethyl adjacent to an activating group) is 1. The predicted octanol–water partition coefficient (Wildman–Crippen LogP) is 4.72. The highest BCUT2D eigenvalue weighted by Gasteiger charge is 2.32. The Morgan fingerprint density at radius 1 is 1.13 bits per heavy atom. The van der Waals surface area contributed by atoms with Crippen LogP contribution in [0.15, 0.2) is 30.6 Å². The van der Waals surface area contributed by atoms with Crippen LogP contribution in [0.2, 0.25) is 5.02 Å². The minimum absolute atomic E-state index is 0.111. The molecule has 0 radical (unpaired) electrons. The first kappa shape index (κ1) is 21.5. The molecule has 0 amide bonds. The molecule has 0 bridgehead atoms. The predicted molar refractivity (Wildman–Crippen MR) is 122 cm³/mol. The van der Waals surface area contributed by atoms with Crippen LogP contribution >= 0.6 is 11.6 Å². The Morgan fingerprint density at radius 2 is 1.87 bits per heavy atom. The third-order valence-corrected chi connectivity index (χ3v) is 6.81. The average molecular weight is 429 g/mol. The molecule has 4 rings (SSSR count). The molecule has 2 atom stereocenters. The molecular weight excluding hydrogens is 396 g/mol. The lowest BCUT2D eigenvalue weighted by molar-refractivity contribution is -0.00307. The molecule has 1 aliphatic carbocycles. The van der Waals surface area contributed by atoms with Crippen molar-refractivity contribution in [2.45, 2.75) is 44.6 Å². The van der Waals surface area contributed by atoms with Crippen molar-refractivity contribution >= 4 is 17.4 Å². The summed E-state index contributed by atoms with van der Waals surface area (Å²) in [5, 5.41) is 0.771. The minimum Gasteiger partial charge on any atom is -0.372 e. The number of hydrogen-bond acceptors (Lipinski definition) is 5. The highest BCUT2D eigenvalue weighted by atomic mass is 35.5. The quantitative estimate of drug-likeness (QED) is 0.638. The first-order valence-electron chi connectivity index (χ1n) is 11.1. The van der Waals surface area contributed by atoms with Crippen LogP contribution in [0.5, 0.6) is 0 Å². The fourth-order valence-electron chi connectivity index (χ4n) is 4.81. The van der Waals surface area contributed by atoms with Crippen LogP contribution in [0.4, 0.5) is 5.82 Å². The maximum absolute atomic E-state index is 6.42. The monoisotopic (exact) mass is 428 g/mol. The van der Waals surface area contributed by atoms with Crippen molar-refractivity contribution in [2.75, 3.05) is 45.2 Å². The lowest BCUT2D eigenvalue weighted by Crippen LogP contribution is -2.37. The first-order chi connectivity index (χ1) is 14.5. The highest BCUT2D eigenvalue weighted by molar-refractivity contribution is 6.30. The van der Waals surface area contributed by atoms with E-state index >= 15 is 0 Å². The molecule has 6 heteroatoms. The number of halogens is 1. The summed E-state index contributed by atoms with van der Waals surface area (Å²) in [7, 11) is 4.17. The molecule has 0 spiro atoms. The van der Waals surface area contributed by atoms with Gasteiger partial charge in [0.15, 0.2) is 0 Å². The number of piperidine rings is 1. The van der Waals surface area contributed by atoms with E-state index in [2.05, 4.69) is 47.9 Å².